The maximum Gasteiger partial charge on any atom is 0.490 e. The zero-order chi connectivity index (χ0) is 71.2. The standard InChI is InChI=1S/C45H67N13O7.4C2HF3O2/c1-30(41(62)54-44(65)36(11-7-19-46)52-31(2)59)51-43(64)35(12-8-20-50-45(47)48)49-21-24-55-25-27-57(28-26-55)39(60)16-15-32-17-22-56(23-18-32)29-40(61)58-37-13-5-3-9-33(37)42(63)53-34-10-4-6-14-38(34)58;4*3-2(4,5)1(6)7/h3-6,9-10,13-14,30,32,35-36,49H,7-8,11-12,15-29,46H2,1-2H3,(H,51,64)(H,52,59)(H,53,63)(H4,47,48,50)(H,54,62,65);4*(H,6,7)/t30-,35-,36-;;;;/m0..../s1. The Morgan fingerprint density at radius 3 is 1.60 bits per heavy atom. The predicted octanol–water partition coefficient (Wildman–Crippen LogP) is 2.49. The van der Waals surface area contributed by atoms with Crippen molar-refractivity contribution in [2.24, 2.45) is 28.1 Å². The molecule has 2 saturated heterocycles. The van der Waals surface area contributed by atoms with Crippen molar-refractivity contribution in [1.82, 2.24) is 36.0 Å². The van der Waals surface area contributed by atoms with E-state index in [2.05, 4.69) is 41.4 Å². The van der Waals surface area contributed by atoms with E-state index in [1.165, 1.54) is 13.8 Å². The number of aliphatic carboxylic acids is 4. The first-order valence-electron chi connectivity index (χ1n) is 27.7. The number of benzene rings is 2. The number of hydrogen-bond acceptors (Lipinski definition) is 16. The molecule has 3 heterocycles. The topological polar surface area (TPSA) is 432 Å². The molecule has 7 amide bonds. The smallest absolute Gasteiger partial charge is 0.475 e. The van der Waals surface area contributed by atoms with Crippen LogP contribution in [0.5, 0.6) is 0 Å². The first kappa shape index (κ1) is 82.1. The summed E-state index contributed by atoms with van der Waals surface area (Å²) in [5.74, 6) is -13.2. The van der Waals surface area contributed by atoms with Crippen molar-refractivity contribution in [3.63, 3.8) is 0 Å². The lowest BCUT2D eigenvalue weighted by atomic mass is 9.92. The lowest BCUT2D eigenvalue weighted by Gasteiger charge is -2.36. The van der Waals surface area contributed by atoms with Gasteiger partial charge in [-0.1, -0.05) is 24.3 Å². The SMILES string of the molecule is CC(=O)N[C@@H](CCCN)C(=O)NC(=O)[C@H](C)NC(=O)[C@H](CCCN=C(N)N)NCCN1CCN(C(=O)CCC2CCN(CC(=O)N3c4ccccc4NC(=O)c4ccccc43)CC2)CC1.O=C(O)C(F)(F)F.O=C(O)C(F)(F)F.O=C(O)C(F)(F)F.O=C(O)C(F)(F)F. The summed E-state index contributed by atoms with van der Waals surface area (Å²) in [6.07, 6.45) is -15.7. The number of carboxylic acid groups (broad SMARTS) is 4. The van der Waals surface area contributed by atoms with Gasteiger partial charge in [-0.05, 0) is 102 Å². The van der Waals surface area contributed by atoms with Gasteiger partial charge in [-0.25, -0.2) is 19.2 Å². The number of nitrogens with one attached hydrogen (secondary N) is 5. The van der Waals surface area contributed by atoms with E-state index in [1.807, 2.05) is 29.2 Å². The maximum atomic E-state index is 13.9. The number of carboxylic acids is 4. The zero-order valence-corrected chi connectivity index (χ0v) is 49.6. The fourth-order valence-corrected chi connectivity index (χ4v) is 8.38. The molecule has 0 bridgehead atoms. The molecule has 3 aliphatic heterocycles. The number of halogens is 12. The summed E-state index contributed by atoms with van der Waals surface area (Å²) < 4.78 is 127. The minimum atomic E-state index is -5.08. The third-order valence-corrected chi connectivity index (χ3v) is 13.0. The third kappa shape index (κ3) is 31.8. The van der Waals surface area contributed by atoms with Crippen molar-refractivity contribution in [2.75, 3.05) is 82.2 Å². The number of carbonyl (C=O) groups excluding carboxylic acids is 7. The number of imide groups is 1. The molecule has 2 fully saturated rings. The number of anilines is 3. The summed E-state index contributed by atoms with van der Waals surface area (Å²) in [5.41, 5.74) is 18.7. The van der Waals surface area contributed by atoms with Crippen LogP contribution in [0.15, 0.2) is 53.5 Å². The number of piperidine rings is 1. The van der Waals surface area contributed by atoms with E-state index in [0.29, 0.717) is 107 Å². The quantitative estimate of drug-likeness (QED) is 0.0370. The number of fused-ring (bicyclic) bond motifs is 2. The monoisotopic (exact) mass is 1360 g/mol. The number of para-hydroxylation sites is 3. The first-order chi connectivity index (χ1) is 43.0. The highest BCUT2D eigenvalue weighted by atomic mass is 19.4. The molecule has 0 saturated carbocycles. The van der Waals surface area contributed by atoms with Crippen molar-refractivity contribution in [1.29, 1.82) is 0 Å². The van der Waals surface area contributed by atoms with Gasteiger partial charge in [-0.15, -0.1) is 0 Å². The average Bonchev–Trinajstić information content (AvgIpc) is 1.69. The van der Waals surface area contributed by atoms with Gasteiger partial charge in [0.2, 0.25) is 35.4 Å². The summed E-state index contributed by atoms with van der Waals surface area (Å²) in [6, 6.07) is 11.8. The van der Waals surface area contributed by atoms with Crippen LogP contribution >= 0.6 is 0 Å². The molecule has 93 heavy (non-hydrogen) atoms. The van der Waals surface area contributed by atoms with E-state index >= 15 is 0 Å². The Bertz CT molecular complexity index is 2790. The van der Waals surface area contributed by atoms with Gasteiger partial charge >= 0.3 is 48.6 Å². The van der Waals surface area contributed by atoms with Crippen LogP contribution in [0.2, 0.25) is 0 Å². The molecule has 0 radical (unpaired) electrons. The number of amides is 7. The zero-order valence-electron chi connectivity index (χ0n) is 49.6. The summed E-state index contributed by atoms with van der Waals surface area (Å²) in [6.45, 7) is 8.76. The van der Waals surface area contributed by atoms with E-state index in [9.17, 15) is 86.2 Å². The molecule has 5 rings (SSSR count). The number of piperazine rings is 1. The second-order valence-electron chi connectivity index (χ2n) is 20.1. The fraction of sp³-hybridized carbons (Fsp3) is 0.547. The van der Waals surface area contributed by atoms with Gasteiger partial charge in [0.05, 0.1) is 35.2 Å². The Morgan fingerprint density at radius 1 is 0.634 bits per heavy atom. The van der Waals surface area contributed by atoms with Gasteiger partial charge in [0, 0.05) is 59.2 Å². The molecule has 0 spiro atoms. The highest BCUT2D eigenvalue weighted by Crippen LogP contribution is 2.38. The van der Waals surface area contributed by atoms with Crippen LogP contribution < -0.4 is 48.7 Å². The van der Waals surface area contributed by atoms with E-state index < -0.39 is 90.3 Å². The maximum absolute atomic E-state index is 13.9. The van der Waals surface area contributed by atoms with Crippen LogP contribution in [0.25, 0.3) is 0 Å². The average molecular weight is 1360 g/mol. The number of aliphatic imine (C=N–C) groups is 1. The Morgan fingerprint density at radius 2 is 1.12 bits per heavy atom. The van der Waals surface area contributed by atoms with Crippen LogP contribution in [0, 0.1) is 5.92 Å². The Hall–Kier alpha value is -8.92. The summed E-state index contributed by atoms with van der Waals surface area (Å²) in [5, 5.41) is 42.2. The van der Waals surface area contributed by atoms with Gasteiger partial charge in [0.15, 0.2) is 5.96 Å². The summed E-state index contributed by atoms with van der Waals surface area (Å²) in [7, 11) is 0. The molecule has 522 valence electrons. The Kier molecular flexibility index (Phi) is 34.3. The second kappa shape index (κ2) is 38.8. The molecule has 2 aromatic rings. The molecule has 0 aliphatic carbocycles. The molecule has 3 atom stereocenters. The first-order valence-corrected chi connectivity index (χ1v) is 27.7. The number of carbonyl (C=O) groups is 11. The number of nitrogens with two attached hydrogens (primary N) is 3. The normalized spacial score (nSPS) is 15.3. The van der Waals surface area contributed by atoms with Crippen molar-refractivity contribution in [2.45, 2.75) is 108 Å². The minimum Gasteiger partial charge on any atom is -0.475 e. The molecular weight excluding hydrogens is 1290 g/mol. The molecule has 15 N–H and O–H groups in total. The van der Waals surface area contributed by atoms with Gasteiger partial charge in [0.25, 0.3) is 5.91 Å². The van der Waals surface area contributed by atoms with Crippen LogP contribution in [0.1, 0.15) is 75.6 Å². The molecule has 28 nitrogen and oxygen atoms in total. The Labute approximate surface area is 521 Å². The van der Waals surface area contributed by atoms with Gasteiger partial charge in [0.1, 0.15) is 12.1 Å². The Balaban J connectivity index is 0.00000128. The molecular formula is C53H71F12N13O15. The fourth-order valence-electron chi connectivity index (χ4n) is 8.38. The molecule has 3 aliphatic rings. The van der Waals surface area contributed by atoms with Gasteiger partial charge < -0.3 is 63.8 Å². The molecule has 0 aromatic heterocycles. The van der Waals surface area contributed by atoms with Gasteiger partial charge in [-0.2, -0.15) is 52.7 Å². The number of guanidine groups is 1. The predicted molar refractivity (Wildman–Crippen MR) is 303 cm³/mol. The van der Waals surface area contributed by atoms with Crippen LogP contribution in [-0.2, 0) is 47.9 Å². The lowest BCUT2D eigenvalue weighted by Crippen LogP contribution is -2.56. The van der Waals surface area contributed by atoms with Crippen LogP contribution in [0.3, 0.4) is 0 Å². The highest BCUT2D eigenvalue weighted by molar-refractivity contribution is 6.18. The van der Waals surface area contributed by atoms with Crippen molar-refractivity contribution >= 4 is 88.2 Å². The third-order valence-electron chi connectivity index (χ3n) is 13.0. The second-order valence-corrected chi connectivity index (χ2v) is 20.1. The molecule has 2 aromatic carbocycles. The molecule has 0 unspecified atom stereocenters. The van der Waals surface area contributed by atoms with E-state index in [4.69, 9.17) is 56.8 Å². The van der Waals surface area contributed by atoms with E-state index in [-0.39, 0.29) is 36.6 Å². The van der Waals surface area contributed by atoms with Gasteiger partial charge in [-0.3, -0.25) is 58.6 Å². The summed E-state index contributed by atoms with van der Waals surface area (Å²) in [4.78, 5) is 138. The van der Waals surface area contributed by atoms with Crippen LogP contribution in [0.4, 0.5) is 69.7 Å². The van der Waals surface area contributed by atoms with Crippen molar-refractivity contribution in [3.05, 3.63) is 54.1 Å². The van der Waals surface area contributed by atoms with E-state index in [0.717, 1.165) is 32.4 Å². The highest BCUT2D eigenvalue weighted by Gasteiger charge is 2.41. The van der Waals surface area contributed by atoms with Crippen molar-refractivity contribution < 1.29 is 126 Å². The number of nitrogens with zero attached hydrogens (tertiary/aromatic N) is 5. The minimum absolute atomic E-state index is 0.0523. The lowest BCUT2D eigenvalue weighted by molar-refractivity contribution is -0.193. The summed E-state index contributed by atoms with van der Waals surface area (Å²) >= 11 is 0. The number of rotatable bonds is 21. The molecule has 40 heteroatoms. The van der Waals surface area contributed by atoms with Crippen LogP contribution in [-0.4, -0.2) is 221 Å². The largest absolute Gasteiger partial charge is 0.490 e. The number of hydrogen-bond donors (Lipinski definition) is 12. The van der Waals surface area contributed by atoms with Crippen molar-refractivity contribution in [3.8, 4) is 0 Å². The number of likely N-dealkylation sites (tertiary alicyclic amines) is 1. The van der Waals surface area contributed by atoms with E-state index in [1.54, 1.807) is 29.2 Å². The number of alkyl halides is 12.